The van der Waals surface area contributed by atoms with Gasteiger partial charge in [-0.05, 0) is 70.7 Å². The quantitative estimate of drug-likeness (QED) is 0.458. The van der Waals surface area contributed by atoms with Crippen LogP contribution < -0.4 is 9.47 Å². The molecule has 0 saturated carbocycles. The Kier molecular flexibility index (Phi) is 9.03. The van der Waals surface area contributed by atoms with Gasteiger partial charge in [0.25, 0.3) is 0 Å². The molecule has 0 aromatic heterocycles. The van der Waals surface area contributed by atoms with E-state index in [9.17, 15) is 14.0 Å². The number of carbonyl (C=O) groups is 2. The van der Waals surface area contributed by atoms with Crippen molar-refractivity contribution in [2.45, 2.75) is 25.9 Å². The molecule has 0 spiro atoms. The van der Waals surface area contributed by atoms with E-state index in [1.807, 2.05) is 18.2 Å². The van der Waals surface area contributed by atoms with Gasteiger partial charge in [-0.25, -0.2) is 4.39 Å². The highest BCUT2D eigenvalue weighted by Crippen LogP contribution is 2.29. The summed E-state index contributed by atoms with van der Waals surface area (Å²) in [5.41, 5.74) is 1.73. The van der Waals surface area contributed by atoms with E-state index in [-0.39, 0.29) is 30.2 Å². The number of aryl methyl sites for hydroxylation is 1. The van der Waals surface area contributed by atoms with Gasteiger partial charge in [-0.1, -0.05) is 12.1 Å². The number of morpholine rings is 1. The Bertz CT molecular complexity index is 1030. The van der Waals surface area contributed by atoms with E-state index in [0.717, 1.165) is 11.1 Å². The zero-order chi connectivity index (χ0) is 23.8. The lowest BCUT2D eigenvalue weighted by Gasteiger charge is -2.32. The first-order valence-corrected chi connectivity index (χ1v) is 11.5. The highest BCUT2D eigenvalue weighted by Gasteiger charge is 2.24. The fourth-order valence-electron chi connectivity index (χ4n) is 3.40. The Morgan fingerprint density at radius 2 is 2.06 bits per heavy atom. The Morgan fingerprint density at radius 1 is 1.24 bits per heavy atom. The molecule has 176 valence electrons. The van der Waals surface area contributed by atoms with Crippen molar-refractivity contribution in [1.29, 1.82) is 0 Å². The zero-order valence-corrected chi connectivity index (χ0v) is 20.3. The number of halogens is 2. The van der Waals surface area contributed by atoms with Crippen molar-refractivity contribution < 1.29 is 28.2 Å². The molecule has 33 heavy (non-hydrogen) atoms. The summed E-state index contributed by atoms with van der Waals surface area (Å²) in [7, 11) is 1.57. The summed E-state index contributed by atoms with van der Waals surface area (Å²) in [5.74, 6) is 0.822. The molecule has 1 fully saturated rings. The third-order valence-corrected chi connectivity index (χ3v) is 5.84. The number of hydrogen-bond acceptors (Lipinski definition) is 5. The van der Waals surface area contributed by atoms with Crippen molar-refractivity contribution >= 4 is 33.7 Å². The maximum atomic E-state index is 13.4. The molecule has 8 heteroatoms. The van der Waals surface area contributed by atoms with Gasteiger partial charge in [0.2, 0.25) is 5.91 Å². The predicted molar refractivity (Wildman–Crippen MR) is 127 cm³/mol. The van der Waals surface area contributed by atoms with Crippen LogP contribution in [0, 0.1) is 5.82 Å². The highest BCUT2D eigenvalue weighted by molar-refractivity contribution is 9.10. The van der Waals surface area contributed by atoms with Crippen molar-refractivity contribution in [3.05, 3.63) is 63.9 Å². The Hall–Kier alpha value is -2.71. The van der Waals surface area contributed by atoms with E-state index in [1.165, 1.54) is 12.1 Å². The van der Waals surface area contributed by atoms with Gasteiger partial charge in [-0.3, -0.25) is 4.79 Å². The van der Waals surface area contributed by atoms with E-state index < -0.39 is 0 Å². The third-order valence-electron chi connectivity index (χ3n) is 5.23. The van der Waals surface area contributed by atoms with E-state index >= 15 is 0 Å². The van der Waals surface area contributed by atoms with Gasteiger partial charge in [-0.2, -0.15) is 0 Å². The summed E-state index contributed by atoms with van der Waals surface area (Å²) in [6.45, 7) is 3.14. The predicted octanol–water partition coefficient (Wildman–Crippen LogP) is 4.44. The van der Waals surface area contributed by atoms with Crippen LogP contribution in [0.25, 0.3) is 6.08 Å². The summed E-state index contributed by atoms with van der Waals surface area (Å²) in [5, 5.41) is 0. The molecule has 0 aliphatic carbocycles. The van der Waals surface area contributed by atoms with E-state index in [2.05, 4.69) is 15.9 Å². The monoisotopic (exact) mass is 519 g/mol. The fraction of sp³-hybridized carbons (Fsp3) is 0.360. The van der Waals surface area contributed by atoms with Crippen LogP contribution in [0.5, 0.6) is 11.5 Å². The van der Waals surface area contributed by atoms with Crippen LogP contribution in [0.15, 0.2) is 46.9 Å². The number of ether oxygens (including phenoxy) is 3. The lowest BCUT2D eigenvalue weighted by atomic mass is 10.1. The van der Waals surface area contributed by atoms with Crippen LogP contribution in [-0.4, -0.2) is 56.1 Å². The molecular weight excluding hydrogens is 493 g/mol. The molecule has 3 rings (SSSR count). The van der Waals surface area contributed by atoms with Crippen LogP contribution in [-0.2, 0) is 20.7 Å². The van der Waals surface area contributed by atoms with Crippen LogP contribution in [0.3, 0.4) is 0 Å². The largest absolute Gasteiger partial charge is 0.493 e. The standard InChI is InChI=1S/C25H27BrFNO5/c1-17(29)3-4-19-6-9-23(24(14-19)31-2)33-16-20-15-28(11-12-32-20)25(30)10-7-18-5-8-22(27)21(26)13-18/h5-10,13-14,20H,3-4,11-12,15-16H2,1-2H3. The number of Topliss-reactive ketones (excluding diaryl/α,β-unsaturated/α-hetero) is 1. The summed E-state index contributed by atoms with van der Waals surface area (Å²) < 4.78 is 30.8. The molecule has 1 saturated heterocycles. The van der Waals surface area contributed by atoms with Crippen molar-refractivity contribution in [2.24, 2.45) is 0 Å². The highest BCUT2D eigenvalue weighted by atomic mass is 79.9. The number of carbonyl (C=O) groups excluding carboxylic acids is 2. The maximum Gasteiger partial charge on any atom is 0.246 e. The van der Waals surface area contributed by atoms with Gasteiger partial charge in [-0.15, -0.1) is 0 Å². The van der Waals surface area contributed by atoms with Gasteiger partial charge in [0.15, 0.2) is 11.5 Å². The molecule has 2 aromatic carbocycles. The van der Waals surface area contributed by atoms with Gasteiger partial charge >= 0.3 is 0 Å². The van der Waals surface area contributed by atoms with Gasteiger partial charge in [0, 0.05) is 19.0 Å². The number of hydrogen-bond donors (Lipinski definition) is 0. The summed E-state index contributed by atoms with van der Waals surface area (Å²) in [6.07, 6.45) is 3.99. The van der Waals surface area contributed by atoms with Crippen molar-refractivity contribution in [3.8, 4) is 11.5 Å². The van der Waals surface area contributed by atoms with Crippen molar-refractivity contribution in [3.63, 3.8) is 0 Å². The Balaban J connectivity index is 1.55. The topological polar surface area (TPSA) is 65.1 Å². The number of rotatable bonds is 9. The molecule has 1 aliphatic rings. The van der Waals surface area contributed by atoms with Crippen LogP contribution in [0.1, 0.15) is 24.5 Å². The molecule has 1 heterocycles. The molecular formula is C25H27BrFNO5. The smallest absolute Gasteiger partial charge is 0.246 e. The average Bonchev–Trinajstić information content (AvgIpc) is 2.82. The second-order valence-corrected chi connectivity index (χ2v) is 8.64. The first-order valence-electron chi connectivity index (χ1n) is 10.7. The number of nitrogens with zero attached hydrogens (tertiary/aromatic N) is 1. The van der Waals surface area contributed by atoms with Crippen LogP contribution >= 0.6 is 15.9 Å². The molecule has 2 aromatic rings. The van der Waals surface area contributed by atoms with Crippen molar-refractivity contribution in [2.75, 3.05) is 33.4 Å². The molecule has 0 bridgehead atoms. The normalized spacial score (nSPS) is 16.1. The maximum absolute atomic E-state index is 13.4. The van der Waals surface area contributed by atoms with Gasteiger partial charge in [0.05, 0.1) is 24.7 Å². The Labute approximate surface area is 201 Å². The molecule has 6 nitrogen and oxygen atoms in total. The van der Waals surface area contributed by atoms with E-state index in [1.54, 1.807) is 37.1 Å². The molecule has 1 amide bonds. The van der Waals surface area contributed by atoms with E-state index in [4.69, 9.17) is 14.2 Å². The fourth-order valence-corrected chi connectivity index (χ4v) is 3.80. The van der Waals surface area contributed by atoms with Gasteiger partial charge in [0.1, 0.15) is 24.3 Å². The first-order chi connectivity index (χ1) is 15.9. The zero-order valence-electron chi connectivity index (χ0n) is 18.7. The first kappa shape index (κ1) is 24.9. The summed E-state index contributed by atoms with van der Waals surface area (Å²) in [6, 6.07) is 10.2. The lowest BCUT2D eigenvalue weighted by Crippen LogP contribution is -2.47. The molecule has 0 radical (unpaired) electrons. The summed E-state index contributed by atoms with van der Waals surface area (Å²) >= 11 is 3.14. The number of ketones is 1. The number of methoxy groups -OCH3 is 1. The van der Waals surface area contributed by atoms with Crippen LogP contribution in [0.4, 0.5) is 4.39 Å². The van der Waals surface area contributed by atoms with Crippen LogP contribution in [0.2, 0.25) is 0 Å². The second-order valence-electron chi connectivity index (χ2n) is 7.78. The minimum Gasteiger partial charge on any atom is -0.493 e. The minimum atomic E-state index is -0.350. The Morgan fingerprint density at radius 3 is 2.79 bits per heavy atom. The lowest BCUT2D eigenvalue weighted by molar-refractivity contribution is -0.134. The second kappa shape index (κ2) is 12.0. The molecule has 1 atom stereocenters. The summed E-state index contributed by atoms with van der Waals surface area (Å²) in [4.78, 5) is 25.5. The average molecular weight is 520 g/mol. The molecule has 1 unspecified atom stereocenters. The van der Waals surface area contributed by atoms with Gasteiger partial charge < -0.3 is 23.9 Å². The molecule has 0 N–H and O–H groups in total. The molecule has 1 aliphatic heterocycles. The number of amides is 1. The van der Waals surface area contributed by atoms with E-state index in [0.29, 0.717) is 48.5 Å². The number of benzene rings is 2. The minimum absolute atomic E-state index is 0.142. The third kappa shape index (κ3) is 7.40. The van der Waals surface area contributed by atoms with Crippen molar-refractivity contribution in [1.82, 2.24) is 4.90 Å². The SMILES string of the molecule is COc1cc(CCC(C)=O)ccc1OCC1CN(C(=O)C=Cc2ccc(F)c(Br)c2)CCO1.